The molecule has 104 valence electrons. The Morgan fingerprint density at radius 1 is 1.35 bits per heavy atom. The maximum atomic E-state index is 12.0. The van der Waals surface area contributed by atoms with Crippen molar-refractivity contribution in [1.29, 1.82) is 0 Å². The van der Waals surface area contributed by atoms with Gasteiger partial charge in [0.25, 0.3) is 0 Å². The zero-order valence-electron chi connectivity index (χ0n) is 11.2. The summed E-state index contributed by atoms with van der Waals surface area (Å²) in [6.07, 6.45) is 7.36. The molecule has 2 aliphatic rings. The van der Waals surface area contributed by atoms with Crippen LogP contribution in [-0.4, -0.2) is 15.7 Å². The number of carbonyl (C=O) groups excluding carboxylic acids is 1. The molecule has 0 radical (unpaired) electrons. The van der Waals surface area contributed by atoms with Gasteiger partial charge in [-0.25, -0.2) is 4.68 Å². The van der Waals surface area contributed by atoms with Crippen molar-refractivity contribution in [3.8, 4) is 0 Å². The molecule has 1 amide bonds. The third-order valence-corrected chi connectivity index (χ3v) is 5.16. The van der Waals surface area contributed by atoms with Crippen LogP contribution in [0.4, 0.5) is 5.82 Å². The highest BCUT2D eigenvalue weighted by molar-refractivity contribution is 7.08. The lowest BCUT2D eigenvalue weighted by atomic mass is 9.89. The Bertz CT molecular complexity index is 626. The number of hydrogen-bond acceptors (Lipinski definition) is 3. The Labute approximate surface area is 121 Å². The van der Waals surface area contributed by atoms with Crippen molar-refractivity contribution in [2.24, 2.45) is 0 Å². The van der Waals surface area contributed by atoms with Crippen LogP contribution in [0.3, 0.4) is 0 Å². The van der Waals surface area contributed by atoms with Crippen molar-refractivity contribution in [2.45, 2.75) is 44.1 Å². The number of aromatic nitrogens is 2. The fourth-order valence-corrected chi connectivity index (χ4v) is 4.15. The summed E-state index contributed by atoms with van der Waals surface area (Å²) in [5.74, 6) is 1.21. The molecule has 0 saturated heterocycles. The summed E-state index contributed by atoms with van der Waals surface area (Å²) in [6.45, 7) is 0. The van der Waals surface area contributed by atoms with Crippen molar-refractivity contribution >= 4 is 23.1 Å². The van der Waals surface area contributed by atoms with Gasteiger partial charge in [0.15, 0.2) is 0 Å². The molecule has 4 rings (SSSR count). The summed E-state index contributed by atoms with van der Waals surface area (Å²) < 4.78 is 2.05. The third kappa shape index (κ3) is 1.88. The van der Waals surface area contributed by atoms with Crippen LogP contribution in [0.1, 0.15) is 55.2 Å². The van der Waals surface area contributed by atoms with Crippen LogP contribution in [0.2, 0.25) is 0 Å². The minimum atomic E-state index is 0.105. The van der Waals surface area contributed by atoms with E-state index < -0.39 is 0 Å². The predicted molar refractivity (Wildman–Crippen MR) is 79.1 cm³/mol. The molecule has 1 fully saturated rings. The molecule has 1 aliphatic heterocycles. The second-order valence-electron chi connectivity index (χ2n) is 5.69. The zero-order chi connectivity index (χ0) is 13.5. The van der Waals surface area contributed by atoms with Gasteiger partial charge in [0.1, 0.15) is 5.82 Å². The van der Waals surface area contributed by atoms with Crippen molar-refractivity contribution in [3.63, 3.8) is 0 Å². The molecule has 1 saturated carbocycles. The summed E-state index contributed by atoms with van der Waals surface area (Å²) in [4.78, 5) is 12.0. The first-order chi connectivity index (χ1) is 9.83. The number of hydrogen-bond donors (Lipinski definition) is 1. The Morgan fingerprint density at radius 3 is 2.95 bits per heavy atom. The lowest BCUT2D eigenvalue weighted by Crippen LogP contribution is -2.25. The molecule has 2 aromatic heterocycles. The standard InChI is InChI=1S/C15H17N3OS/c19-14-7-12(10-5-6-20-9-10)13-8-16-18(15(13)17-14)11-3-1-2-4-11/h5-6,8-9,11-12H,1-4,7H2,(H,17,19)/t12-/m0/s1. The molecule has 5 heteroatoms. The fourth-order valence-electron chi connectivity index (χ4n) is 3.43. The van der Waals surface area contributed by atoms with Gasteiger partial charge in [-0.2, -0.15) is 16.4 Å². The average molecular weight is 287 g/mol. The monoisotopic (exact) mass is 287 g/mol. The number of anilines is 1. The number of nitrogens with zero attached hydrogens (tertiary/aromatic N) is 2. The lowest BCUT2D eigenvalue weighted by Gasteiger charge is -2.24. The van der Waals surface area contributed by atoms with E-state index in [1.807, 2.05) is 6.20 Å². The summed E-state index contributed by atoms with van der Waals surface area (Å²) in [6, 6.07) is 2.57. The molecule has 3 heterocycles. The van der Waals surface area contributed by atoms with Gasteiger partial charge in [-0.3, -0.25) is 4.79 Å². The van der Waals surface area contributed by atoms with Crippen molar-refractivity contribution in [2.75, 3.05) is 5.32 Å². The van der Waals surface area contributed by atoms with E-state index in [2.05, 4.69) is 31.9 Å². The summed E-state index contributed by atoms with van der Waals surface area (Å²) >= 11 is 1.68. The first kappa shape index (κ1) is 12.1. The van der Waals surface area contributed by atoms with Crippen molar-refractivity contribution in [3.05, 3.63) is 34.2 Å². The molecular formula is C15H17N3OS. The smallest absolute Gasteiger partial charge is 0.226 e. The quantitative estimate of drug-likeness (QED) is 0.918. The van der Waals surface area contributed by atoms with E-state index in [-0.39, 0.29) is 11.8 Å². The normalized spacial score (nSPS) is 22.8. The van der Waals surface area contributed by atoms with Crippen molar-refractivity contribution < 1.29 is 4.79 Å². The van der Waals surface area contributed by atoms with E-state index >= 15 is 0 Å². The highest BCUT2D eigenvalue weighted by Gasteiger charge is 2.32. The number of amides is 1. The molecule has 0 aromatic carbocycles. The highest BCUT2D eigenvalue weighted by atomic mass is 32.1. The van der Waals surface area contributed by atoms with Gasteiger partial charge in [-0.15, -0.1) is 0 Å². The predicted octanol–water partition coefficient (Wildman–Crippen LogP) is 3.53. The molecule has 0 spiro atoms. The Morgan fingerprint density at radius 2 is 2.20 bits per heavy atom. The van der Waals surface area contributed by atoms with E-state index in [1.54, 1.807) is 11.3 Å². The number of nitrogens with one attached hydrogen (secondary N) is 1. The highest BCUT2D eigenvalue weighted by Crippen LogP contribution is 2.41. The first-order valence-electron chi connectivity index (χ1n) is 7.22. The first-order valence-corrected chi connectivity index (χ1v) is 8.16. The van der Waals surface area contributed by atoms with Gasteiger partial charge in [0.05, 0.1) is 12.2 Å². The number of rotatable bonds is 2. The average Bonchev–Trinajstić information content (AvgIpc) is 3.18. The van der Waals surface area contributed by atoms with Crippen LogP contribution in [-0.2, 0) is 4.79 Å². The van der Waals surface area contributed by atoms with Gasteiger partial charge in [0.2, 0.25) is 5.91 Å². The minimum Gasteiger partial charge on any atom is -0.311 e. The topological polar surface area (TPSA) is 46.9 Å². The van der Waals surface area contributed by atoms with Crippen LogP contribution in [0.5, 0.6) is 0 Å². The van der Waals surface area contributed by atoms with E-state index in [4.69, 9.17) is 0 Å². The molecule has 1 aliphatic carbocycles. The van der Waals surface area contributed by atoms with Gasteiger partial charge >= 0.3 is 0 Å². The molecule has 2 aromatic rings. The number of carbonyl (C=O) groups is 1. The summed E-state index contributed by atoms with van der Waals surface area (Å²) in [5, 5.41) is 11.8. The van der Waals surface area contributed by atoms with Crippen molar-refractivity contribution in [1.82, 2.24) is 9.78 Å². The molecule has 1 N–H and O–H groups in total. The second kappa shape index (κ2) is 4.74. The molecule has 0 bridgehead atoms. The Hall–Kier alpha value is -1.62. The maximum absolute atomic E-state index is 12.0. The van der Waals surface area contributed by atoms with E-state index in [9.17, 15) is 4.79 Å². The lowest BCUT2D eigenvalue weighted by molar-refractivity contribution is -0.116. The fraction of sp³-hybridized carbons (Fsp3) is 0.467. The summed E-state index contributed by atoms with van der Waals surface area (Å²) in [5.41, 5.74) is 2.41. The molecular weight excluding hydrogens is 270 g/mol. The van der Waals surface area contributed by atoms with Crippen LogP contribution >= 0.6 is 11.3 Å². The van der Waals surface area contributed by atoms with Crippen LogP contribution < -0.4 is 5.32 Å². The number of fused-ring (bicyclic) bond motifs is 1. The number of thiophene rings is 1. The Balaban J connectivity index is 1.76. The molecule has 0 unspecified atom stereocenters. The van der Waals surface area contributed by atoms with Crippen LogP contribution in [0.25, 0.3) is 0 Å². The van der Waals surface area contributed by atoms with E-state index in [0.29, 0.717) is 12.5 Å². The zero-order valence-corrected chi connectivity index (χ0v) is 12.0. The molecule has 20 heavy (non-hydrogen) atoms. The second-order valence-corrected chi connectivity index (χ2v) is 6.47. The largest absolute Gasteiger partial charge is 0.311 e. The van der Waals surface area contributed by atoms with Crippen LogP contribution in [0.15, 0.2) is 23.0 Å². The Kier molecular flexibility index (Phi) is 2.88. The summed E-state index contributed by atoms with van der Waals surface area (Å²) in [7, 11) is 0. The maximum Gasteiger partial charge on any atom is 0.226 e. The van der Waals surface area contributed by atoms with Gasteiger partial charge in [-0.1, -0.05) is 12.8 Å². The molecule has 1 atom stereocenters. The third-order valence-electron chi connectivity index (χ3n) is 4.46. The van der Waals surface area contributed by atoms with Gasteiger partial charge in [0, 0.05) is 17.9 Å². The van der Waals surface area contributed by atoms with E-state index in [0.717, 1.165) is 5.82 Å². The van der Waals surface area contributed by atoms with Gasteiger partial charge < -0.3 is 5.32 Å². The van der Waals surface area contributed by atoms with E-state index in [1.165, 1.54) is 36.8 Å². The SMILES string of the molecule is O=C1C[C@@H](c2ccsc2)c2cnn(C3CCCC3)c2N1. The minimum absolute atomic E-state index is 0.105. The molecule has 4 nitrogen and oxygen atoms in total. The van der Waals surface area contributed by atoms with Crippen LogP contribution in [0, 0.1) is 0 Å². The van der Waals surface area contributed by atoms with Gasteiger partial charge in [-0.05, 0) is 35.2 Å².